The van der Waals surface area contributed by atoms with Crippen LogP contribution >= 0.6 is 0 Å². The molecule has 0 amide bonds. The maximum absolute atomic E-state index is 12.1. The maximum Gasteiger partial charge on any atom is 0.159 e. The van der Waals surface area contributed by atoms with Crippen LogP contribution in [0.1, 0.15) is 18.9 Å². The second-order valence-electron chi connectivity index (χ2n) is 4.87. The summed E-state index contributed by atoms with van der Waals surface area (Å²) in [6.07, 6.45) is 2.55. The maximum atomic E-state index is 12.1. The lowest BCUT2D eigenvalue weighted by Crippen LogP contribution is -2.37. The van der Waals surface area contributed by atoms with E-state index in [1.807, 2.05) is 43.3 Å². The van der Waals surface area contributed by atoms with Crippen molar-refractivity contribution in [2.24, 2.45) is 0 Å². The standard InChI is InChI=1S/C16H21NO2/c1-14(13-15-5-3-2-4-6-15)16(18)7-8-17-9-11-19-12-10-17/h2-6,13H,7-12H2,1H3. The Morgan fingerprint density at radius 3 is 2.63 bits per heavy atom. The molecule has 1 aromatic rings. The Labute approximate surface area is 114 Å². The van der Waals surface area contributed by atoms with Gasteiger partial charge in [-0.15, -0.1) is 0 Å². The van der Waals surface area contributed by atoms with E-state index in [9.17, 15) is 4.79 Å². The van der Waals surface area contributed by atoms with Gasteiger partial charge in [-0.3, -0.25) is 9.69 Å². The minimum absolute atomic E-state index is 0.232. The topological polar surface area (TPSA) is 29.5 Å². The highest BCUT2D eigenvalue weighted by Gasteiger charge is 2.12. The fourth-order valence-corrected chi connectivity index (χ4v) is 2.16. The largest absolute Gasteiger partial charge is 0.379 e. The first-order valence-corrected chi connectivity index (χ1v) is 6.82. The quantitative estimate of drug-likeness (QED) is 0.760. The number of hydrogen-bond acceptors (Lipinski definition) is 3. The lowest BCUT2D eigenvalue weighted by atomic mass is 10.1. The molecule has 0 N–H and O–H groups in total. The molecule has 3 heteroatoms. The third-order valence-electron chi connectivity index (χ3n) is 3.38. The highest BCUT2D eigenvalue weighted by Crippen LogP contribution is 2.09. The fraction of sp³-hybridized carbons (Fsp3) is 0.438. The van der Waals surface area contributed by atoms with Crippen LogP contribution in [-0.4, -0.2) is 43.5 Å². The van der Waals surface area contributed by atoms with Crippen LogP contribution < -0.4 is 0 Å². The van der Waals surface area contributed by atoms with Crippen LogP contribution in [-0.2, 0) is 9.53 Å². The van der Waals surface area contributed by atoms with Gasteiger partial charge in [-0.25, -0.2) is 0 Å². The molecule has 1 heterocycles. The van der Waals surface area contributed by atoms with Crippen molar-refractivity contribution in [1.29, 1.82) is 0 Å². The second-order valence-corrected chi connectivity index (χ2v) is 4.87. The Balaban J connectivity index is 1.83. The summed E-state index contributed by atoms with van der Waals surface area (Å²) in [7, 11) is 0. The highest BCUT2D eigenvalue weighted by atomic mass is 16.5. The smallest absolute Gasteiger partial charge is 0.159 e. The Bertz CT molecular complexity index is 433. The average Bonchev–Trinajstić information content (AvgIpc) is 2.47. The molecule has 2 rings (SSSR count). The van der Waals surface area contributed by atoms with Crippen LogP contribution in [0.5, 0.6) is 0 Å². The number of benzene rings is 1. The van der Waals surface area contributed by atoms with Gasteiger partial charge in [0.05, 0.1) is 13.2 Å². The van der Waals surface area contributed by atoms with Gasteiger partial charge in [-0.05, 0) is 24.1 Å². The molecule has 102 valence electrons. The van der Waals surface area contributed by atoms with Gasteiger partial charge in [-0.2, -0.15) is 0 Å². The van der Waals surface area contributed by atoms with Gasteiger partial charge in [0.15, 0.2) is 5.78 Å². The molecule has 1 saturated heterocycles. The number of rotatable bonds is 5. The van der Waals surface area contributed by atoms with Crippen LogP contribution in [0.15, 0.2) is 35.9 Å². The molecule has 0 bridgehead atoms. The predicted molar refractivity (Wildman–Crippen MR) is 77.0 cm³/mol. The summed E-state index contributed by atoms with van der Waals surface area (Å²) in [5.74, 6) is 0.232. The van der Waals surface area contributed by atoms with Crippen LogP contribution in [0, 0.1) is 0 Å². The highest BCUT2D eigenvalue weighted by molar-refractivity contribution is 5.98. The first-order valence-electron chi connectivity index (χ1n) is 6.82. The first kappa shape index (κ1) is 14.0. The number of ether oxygens (including phenoxy) is 1. The molecule has 1 aromatic carbocycles. The van der Waals surface area contributed by atoms with E-state index in [2.05, 4.69) is 4.90 Å². The summed E-state index contributed by atoms with van der Waals surface area (Å²) in [5, 5.41) is 0. The van der Waals surface area contributed by atoms with Crippen molar-refractivity contribution in [2.45, 2.75) is 13.3 Å². The van der Waals surface area contributed by atoms with Crippen molar-refractivity contribution in [3.8, 4) is 0 Å². The molecular formula is C16H21NO2. The van der Waals surface area contributed by atoms with E-state index < -0.39 is 0 Å². The predicted octanol–water partition coefficient (Wildman–Crippen LogP) is 2.38. The number of Topliss-reactive ketones (excluding diaryl/α,β-unsaturated/α-hetero) is 1. The summed E-state index contributed by atoms with van der Waals surface area (Å²) in [6.45, 7) is 6.18. The van der Waals surface area contributed by atoms with Crippen LogP contribution in [0.2, 0.25) is 0 Å². The third-order valence-corrected chi connectivity index (χ3v) is 3.38. The van der Waals surface area contributed by atoms with Crippen LogP contribution in [0.4, 0.5) is 0 Å². The molecule has 0 aromatic heterocycles. The van der Waals surface area contributed by atoms with Crippen molar-refractivity contribution in [3.63, 3.8) is 0 Å². The Morgan fingerprint density at radius 1 is 1.26 bits per heavy atom. The van der Waals surface area contributed by atoms with Gasteiger partial charge < -0.3 is 4.74 Å². The number of allylic oxidation sites excluding steroid dienone is 1. The normalized spacial score (nSPS) is 17.4. The molecule has 1 aliphatic heterocycles. The minimum Gasteiger partial charge on any atom is -0.379 e. The first-order chi connectivity index (χ1) is 9.25. The monoisotopic (exact) mass is 259 g/mol. The van der Waals surface area contributed by atoms with Gasteiger partial charge in [0.1, 0.15) is 0 Å². The number of hydrogen-bond donors (Lipinski definition) is 0. The zero-order valence-electron chi connectivity index (χ0n) is 11.5. The van der Waals surface area contributed by atoms with Crippen LogP contribution in [0.3, 0.4) is 0 Å². The van der Waals surface area contributed by atoms with Crippen molar-refractivity contribution in [1.82, 2.24) is 4.90 Å². The summed E-state index contributed by atoms with van der Waals surface area (Å²) in [4.78, 5) is 14.4. The molecule has 0 radical (unpaired) electrons. The second kappa shape index (κ2) is 7.22. The fourth-order valence-electron chi connectivity index (χ4n) is 2.16. The summed E-state index contributed by atoms with van der Waals surface area (Å²) in [5.41, 5.74) is 1.92. The molecule has 0 unspecified atom stereocenters. The zero-order chi connectivity index (χ0) is 13.5. The number of morpholine rings is 1. The number of carbonyl (C=O) groups excluding carboxylic acids is 1. The van der Waals surface area contributed by atoms with Crippen molar-refractivity contribution in [2.75, 3.05) is 32.8 Å². The van der Waals surface area contributed by atoms with E-state index in [1.165, 1.54) is 0 Å². The van der Waals surface area contributed by atoms with Crippen molar-refractivity contribution >= 4 is 11.9 Å². The van der Waals surface area contributed by atoms with Gasteiger partial charge in [-0.1, -0.05) is 30.3 Å². The van der Waals surface area contributed by atoms with E-state index >= 15 is 0 Å². The van der Waals surface area contributed by atoms with Crippen molar-refractivity contribution < 1.29 is 9.53 Å². The van der Waals surface area contributed by atoms with Gasteiger partial charge >= 0.3 is 0 Å². The molecule has 0 atom stereocenters. The zero-order valence-corrected chi connectivity index (χ0v) is 11.5. The van der Waals surface area contributed by atoms with Crippen LogP contribution in [0.25, 0.3) is 6.08 Å². The number of carbonyl (C=O) groups is 1. The Hall–Kier alpha value is -1.45. The Kier molecular flexibility index (Phi) is 5.31. The summed E-state index contributed by atoms with van der Waals surface area (Å²) >= 11 is 0. The molecule has 1 aliphatic rings. The van der Waals surface area contributed by atoms with Crippen molar-refractivity contribution in [3.05, 3.63) is 41.5 Å². The molecule has 0 spiro atoms. The Morgan fingerprint density at radius 2 is 1.95 bits per heavy atom. The van der Waals surface area contributed by atoms with Gasteiger partial charge in [0.25, 0.3) is 0 Å². The SMILES string of the molecule is CC(=Cc1ccccc1)C(=O)CCN1CCOCC1. The molecule has 1 fully saturated rings. The van der Waals surface area contributed by atoms with Gasteiger partial charge in [0, 0.05) is 26.1 Å². The average molecular weight is 259 g/mol. The molecule has 0 saturated carbocycles. The summed E-state index contributed by atoms with van der Waals surface area (Å²) < 4.78 is 5.29. The molecular weight excluding hydrogens is 238 g/mol. The van der Waals surface area contributed by atoms with E-state index in [-0.39, 0.29) is 5.78 Å². The van der Waals surface area contributed by atoms with E-state index in [4.69, 9.17) is 4.74 Å². The number of nitrogens with zero attached hydrogens (tertiary/aromatic N) is 1. The minimum atomic E-state index is 0.232. The molecule has 0 aliphatic carbocycles. The van der Waals surface area contributed by atoms with E-state index in [0.29, 0.717) is 6.42 Å². The van der Waals surface area contributed by atoms with E-state index in [0.717, 1.165) is 44.0 Å². The third kappa shape index (κ3) is 4.62. The van der Waals surface area contributed by atoms with E-state index in [1.54, 1.807) is 0 Å². The molecule has 3 nitrogen and oxygen atoms in total. The summed E-state index contributed by atoms with van der Waals surface area (Å²) in [6, 6.07) is 9.97. The van der Waals surface area contributed by atoms with Gasteiger partial charge in [0.2, 0.25) is 0 Å². The lowest BCUT2D eigenvalue weighted by molar-refractivity contribution is -0.116. The lowest BCUT2D eigenvalue weighted by Gasteiger charge is -2.26. The number of ketones is 1. The molecule has 19 heavy (non-hydrogen) atoms.